The van der Waals surface area contributed by atoms with Crippen molar-refractivity contribution in [3.8, 4) is 11.7 Å². The Kier molecular flexibility index (Phi) is 6.25. The predicted molar refractivity (Wildman–Crippen MR) is 123 cm³/mol. The fourth-order valence-corrected chi connectivity index (χ4v) is 3.85. The summed E-state index contributed by atoms with van der Waals surface area (Å²) in [6.45, 7) is 4.06. The molecular formula is C23H26N6O4. The van der Waals surface area contributed by atoms with Gasteiger partial charge in [0.1, 0.15) is 11.6 Å². The summed E-state index contributed by atoms with van der Waals surface area (Å²) in [7, 11) is 1.58. The van der Waals surface area contributed by atoms with Gasteiger partial charge in [0.05, 0.1) is 18.7 Å². The summed E-state index contributed by atoms with van der Waals surface area (Å²) in [4.78, 5) is 46.4. The van der Waals surface area contributed by atoms with Crippen LogP contribution in [-0.2, 0) is 16.0 Å². The van der Waals surface area contributed by atoms with Crippen LogP contribution in [0.2, 0.25) is 0 Å². The number of aromatic amines is 1. The molecule has 172 valence electrons. The van der Waals surface area contributed by atoms with Crippen LogP contribution in [0.25, 0.3) is 5.95 Å². The SMILES string of the molecule is CCCc1cc(=O)[nH]c(-n2nc(C)cc2NC(=O)[C@@H]2CC(=O)N(c3ccc(OC)cc3)C2)n1. The highest BCUT2D eigenvalue weighted by Gasteiger charge is 2.35. The van der Waals surface area contributed by atoms with Crippen LogP contribution < -0.4 is 20.5 Å². The van der Waals surface area contributed by atoms with Gasteiger partial charge in [0.15, 0.2) is 0 Å². The van der Waals surface area contributed by atoms with Crippen LogP contribution in [-0.4, -0.2) is 45.2 Å². The third-order valence-electron chi connectivity index (χ3n) is 5.45. The molecule has 0 aliphatic carbocycles. The number of hydrogen-bond donors (Lipinski definition) is 2. The number of hydrogen-bond acceptors (Lipinski definition) is 6. The van der Waals surface area contributed by atoms with Gasteiger partial charge in [-0.1, -0.05) is 13.3 Å². The number of amides is 2. The number of rotatable bonds is 7. The van der Waals surface area contributed by atoms with Crippen LogP contribution in [0.1, 0.15) is 31.2 Å². The van der Waals surface area contributed by atoms with E-state index in [1.165, 1.54) is 10.7 Å². The minimum absolute atomic E-state index is 0.103. The Morgan fingerprint density at radius 1 is 1.24 bits per heavy atom. The number of carbonyl (C=O) groups is 2. The first-order valence-corrected chi connectivity index (χ1v) is 10.8. The second-order valence-corrected chi connectivity index (χ2v) is 7.99. The summed E-state index contributed by atoms with van der Waals surface area (Å²) in [5.74, 6) is 0.358. The summed E-state index contributed by atoms with van der Waals surface area (Å²) in [5, 5.41) is 7.23. The number of ether oxygens (including phenoxy) is 1. The van der Waals surface area contributed by atoms with Crippen molar-refractivity contribution in [2.75, 3.05) is 23.9 Å². The van der Waals surface area contributed by atoms with E-state index in [-0.39, 0.29) is 36.3 Å². The number of anilines is 2. The van der Waals surface area contributed by atoms with Crippen molar-refractivity contribution in [1.29, 1.82) is 0 Å². The minimum Gasteiger partial charge on any atom is -0.497 e. The highest BCUT2D eigenvalue weighted by Crippen LogP contribution is 2.28. The highest BCUT2D eigenvalue weighted by atomic mass is 16.5. The molecule has 3 heterocycles. The largest absolute Gasteiger partial charge is 0.497 e. The number of aryl methyl sites for hydroxylation is 2. The molecule has 0 unspecified atom stereocenters. The first-order chi connectivity index (χ1) is 15.9. The third kappa shape index (κ3) is 4.79. The Hall–Kier alpha value is -3.95. The van der Waals surface area contributed by atoms with E-state index in [4.69, 9.17) is 4.74 Å². The zero-order valence-corrected chi connectivity index (χ0v) is 18.8. The van der Waals surface area contributed by atoms with E-state index in [0.717, 1.165) is 6.42 Å². The smallest absolute Gasteiger partial charge is 0.252 e. The van der Waals surface area contributed by atoms with Crippen molar-refractivity contribution < 1.29 is 14.3 Å². The number of nitrogens with one attached hydrogen (secondary N) is 2. The molecule has 1 fully saturated rings. The van der Waals surface area contributed by atoms with Crippen molar-refractivity contribution in [3.05, 3.63) is 58.1 Å². The van der Waals surface area contributed by atoms with Crippen molar-refractivity contribution in [3.63, 3.8) is 0 Å². The number of H-pyrrole nitrogens is 1. The lowest BCUT2D eigenvalue weighted by atomic mass is 10.1. The predicted octanol–water partition coefficient (Wildman–Crippen LogP) is 2.22. The molecular weight excluding hydrogens is 424 g/mol. The maximum Gasteiger partial charge on any atom is 0.252 e. The second-order valence-electron chi connectivity index (χ2n) is 7.99. The Bertz CT molecular complexity index is 1230. The maximum absolute atomic E-state index is 13.0. The zero-order valence-electron chi connectivity index (χ0n) is 18.8. The molecule has 2 N–H and O–H groups in total. The van der Waals surface area contributed by atoms with Gasteiger partial charge < -0.3 is 15.0 Å². The third-order valence-corrected chi connectivity index (χ3v) is 5.45. The van der Waals surface area contributed by atoms with E-state index < -0.39 is 5.92 Å². The molecule has 1 aromatic carbocycles. The highest BCUT2D eigenvalue weighted by molar-refractivity contribution is 6.03. The van der Waals surface area contributed by atoms with E-state index in [0.29, 0.717) is 35.1 Å². The van der Waals surface area contributed by atoms with Gasteiger partial charge in [-0.25, -0.2) is 4.98 Å². The number of benzene rings is 1. The molecule has 1 aliphatic heterocycles. The number of nitrogens with zero attached hydrogens (tertiary/aromatic N) is 4. The number of carbonyl (C=O) groups excluding carboxylic acids is 2. The molecule has 0 saturated carbocycles. The van der Waals surface area contributed by atoms with Crippen molar-refractivity contribution >= 4 is 23.3 Å². The average molecular weight is 450 g/mol. The summed E-state index contributed by atoms with van der Waals surface area (Å²) in [6.07, 6.45) is 1.61. The fraction of sp³-hybridized carbons (Fsp3) is 0.348. The molecule has 2 aromatic heterocycles. The Morgan fingerprint density at radius 3 is 2.70 bits per heavy atom. The molecule has 4 rings (SSSR count). The molecule has 0 bridgehead atoms. The normalized spacial score (nSPS) is 15.7. The van der Waals surface area contributed by atoms with Crippen LogP contribution in [0, 0.1) is 12.8 Å². The van der Waals surface area contributed by atoms with E-state index in [1.54, 1.807) is 49.3 Å². The zero-order chi connectivity index (χ0) is 23.5. The lowest BCUT2D eigenvalue weighted by Crippen LogP contribution is -2.28. The summed E-state index contributed by atoms with van der Waals surface area (Å²) in [6, 6.07) is 10.3. The van der Waals surface area contributed by atoms with Crippen molar-refractivity contribution in [2.24, 2.45) is 5.92 Å². The topological polar surface area (TPSA) is 122 Å². The monoisotopic (exact) mass is 450 g/mol. The van der Waals surface area contributed by atoms with Gasteiger partial charge in [-0.05, 0) is 37.6 Å². The standard InChI is InChI=1S/C23H26N6O4/c1-4-5-16-12-20(30)26-23(24-16)29-19(10-14(2)27-29)25-22(32)15-11-21(31)28(13-15)17-6-8-18(33-3)9-7-17/h6-10,12,15H,4-5,11,13H2,1-3H3,(H,25,32)(H,24,26,30)/t15-/m1/s1. The van der Waals surface area contributed by atoms with Gasteiger partial charge in [0, 0.05) is 36.5 Å². The van der Waals surface area contributed by atoms with Crippen LogP contribution in [0.3, 0.4) is 0 Å². The van der Waals surface area contributed by atoms with Gasteiger partial charge in [-0.15, -0.1) is 0 Å². The molecule has 1 atom stereocenters. The van der Waals surface area contributed by atoms with Crippen LogP contribution in [0.15, 0.2) is 41.2 Å². The molecule has 33 heavy (non-hydrogen) atoms. The van der Waals surface area contributed by atoms with E-state index in [2.05, 4.69) is 20.4 Å². The summed E-state index contributed by atoms with van der Waals surface area (Å²) < 4.78 is 6.57. The lowest BCUT2D eigenvalue weighted by Gasteiger charge is -2.17. The molecule has 3 aromatic rings. The first-order valence-electron chi connectivity index (χ1n) is 10.8. The van der Waals surface area contributed by atoms with Crippen LogP contribution in [0.4, 0.5) is 11.5 Å². The average Bonchev–Trinajstić information content (AvgIpc) is 3.36. The summed E-state index contributed by atoms with van der Waals surface area (Å²) in [5.41, 5.74) is 1.73. The Morgan fingerprint density at radius 2 is 2.00 bits per heavy atom. The van der Waals surface area contributed by atoms with E-state index >= 15 is 0 Å². The quantitative estimate of drug-likeness (QED) is 0.569. The van der Waals surface area contributed by atoms with E-state index in [1.807, 2.05) is 6.92 Å². The molecule has 1 saturated heterocycles. The maximum atomic E-state index is 13.0. The number of aromatic nitrogens is 4. The van der Waals surface area contributed by atoms with Crippen molar-refractivity contribution in [1.82, 2.24) is 19.7 Å². The lowest BCUT2D eigenvalue weighted by molar-refractivity contribution is -0.122. The van der Waals surface area contributed by atoms with Gasteiger partial charge in [0.25, 0.3) is 5.56 Å². The minimum atomic E-state index is -0.526. The molecule has 10 heteroatoms. The molecule has 2 amide bonds. The molecule has 0 radical (unpaired) electrons. The van der Waals surface area contributed by atoms with Gasteiger partial charge >= 0.3 is 0 Å². The van der Waals surface area contributed by atoms with Gasteiger partial charge in [-0.2, -0.15) is 9.78 Å². The van der Waals surface area contributed by atoms with Gasteiger partial charge in [-0.3, -0.25) is 19.4 Å². The van der Waals surface area contributed by atoms with E-state index in [9.17, 15) is 14.4 Å². The Labute approximate surface area is 190 Å². The molecule has 0 spiro atoms. The van der Waals surface area contributed by atoms with Crippen LogP contribution in [0.5, 0.6) is 5.75 Å². The first kappa shape index (κ1) is 22.3. The van der Waals surface area contributed by atoms with Crippen LogP contribution >= 0.6 is 0 Å². The Balaban J connectivity index is 1.53. The molecule has 1 aliphatic rings. The molecule has 10 nitrogen and oxygen atoms in total. The second kappa shape index (κ2) is 9.27. The van der Waals surface area contributed by atoms with Crippen molar-refractivity contribution in [2.45, 2.75) is 33.1 Å². The fourth-order valence-electron chi connectivity index (χ4n) is 3.85. The van der Waals surface area contributed by atoms with Gasteiger partial charge in [0.2, 0.25) is 17.8 Å². The number of methoxy groups -OCH3 is 1. The summed E-state index contributed by atoms with van der Waals surface area (Å²) >= 11 is 0.